The molecule has 0 unspecified atom stereocenters. The Kier molecular flexibility index (Phi) is 5.02. The quantitative estimate of drug-likeness (QED) is 0.568. The molecular weight excluding hydrogens is 388 g/mol. The molecule has 0 bridgehead atoms. The third-order valence-electron chi connectivity index (χ3n) is 9.93. The Bertz CT molecular complexity index is 872. The Morgan fingerprint density at radius 2 is 1.70 bits per heavy atom. The van der Waals surface area contributed by atoms with Gasteiger partial charge in [0.05, 0.1) is 5.60 Å². The maximum atomic E-state index is 13.0. The SMILES string of the molecule is C[C@]12CCC(=O)C(CSc3ccccc3)=C1CC[C@@H]1[C@H]3CC[C@](C)(O)[C@@]3(C)CC[C@@H]12. The van der Waals surface area contributed by atoms with E-state index in [0.29, 0.717) is 30.0 Å². The molecule has 1 aromatic rings. The van der Waals surface area contributed by atoms with Gasteiger partial charge in [0.2, 0.25) is 0 Å². The highest BCUT2D eigenvalue weighted by molar-refractivity contribution is 7.99. The highest BCUT2D eigenvalue weighted by Gasteiger charge is 2.62. The maximum absolute atomic E-state index is 13.0. The zero-order chi connectivity index (χ0) is 21.1. The number of allylic oxidation sites excluding steroid dienone is 1. The second kappa shape index (κ2) is 7.24. The molecule has 0 heterocycles. The summed E-state index contributed by atoms with van der Waals surface area (Å²) in [5.74, 6) is 3.25. The fraction of sp³-hybridized carbons (Fsp3) is 0.667. The zero-order valence-corrected chi connectivity index (χ0v) is 19.6. The van der Waals surface area contributed by atoms with Crippen LogP contribution in [0.2, 0.25) is 0 Å². The van der Waals surface area contributed by atoms with Gasteiger partial charge in [-0.1, -0.05) is 37.6 Å². The molecule has 0 radical (unpaired) electrons. The highest BCUT2D eigenvalue weighted by atomic mass is 32.2. The summed E-state index contributed by atoms with van der Waals surface area (Å²) in [7, 11) is 0. The number of carbonyl (C=O) groups is 1. The first-order valence-corrected chi connectivity index (χ1v) is 12.9. The normalized spacial score (nSPS) is 43.2. The molecule has 30 heavy (non-hydrogen) atoms. The average Bonchev–Trinajstić information content (AvgIpc) is 2.98. The molecule has 4 aliphatic rings. The van der Waals surface area contributed by atoms with Crippen LogP contribution in [0.15, 0.2) is 46.4 Å². The van der Waals surface area contributed by atoms with Gasteiger partial charge in [0.25, 0.3) is 0 Å². The number of hydrogen-bond donors (Lipinski definition) is 1. The van der Waals surface area contributed by atoms with Crippen LogP contribution in [0.3, 0.4) is 0 Å². The van der Waals surface area contributed by atoms with Crippen LogP contribution < -0.4 is 0 Å². The van der Waals surface area contributed by atoms with Gasteiger partial charge >= 0.3 is 0 Å². The molecule has 3 fully saturated rings. The van der Waals surface area contributed by atoms with E-state index in [0.717, 1.165) is 37.0 Å². The number of aliphatic hydroxyl groups is 1. The summed E-state index contributed by atoms with van der Waals surface area (Å²) >= 11 is 1.82. The van der Waals surface area contributed by atoms with E-state index in [2.05, 4.69) is 45.0 Å². The number of fused-ring (bicyclic) bond motifs is 5. The Hall–Kier alpha value is -1.06. The van der Waals surface area contributed by atoms with Crippen molar-refractivity contribution in [3.05, 3.63) is 41.5 Å². The third-order valence-corrected chi connectivity index (χ3v) is 11.0. The smallest absolute Gasteiger partial charge is 0.159 e. The van der Waals surface area contributed by atoms with Gasteiger partial charge < -0.3 is 5.11 Å². The number of carbonyl (C=O) groups excluding carboxylic acids is 1. The Balaban J connectivity index is 1.44. The van der Waals surface area contributed by atoms with Crippen molar-refractivity contribution in [1.82, 2.24) is 0 Å². The summed E-state index contributed by atoms with van der Waals surface area (Å²) in [5, 5.41) is 11.1. The van der Waals surface area contributed by atoms with Crippen molar-refractivity contribution in [2.24, 2.45) is 28.6 Å². The van der Waals surface area contributed by atoms with Crippen LogP contribution >= 0.6 is 11.8 Å². The minimum Gasteiger partial charge on any atom is -0.390 e. The first-order chi connectivity index (χ1) is 14.3. The maximum Gasteiger partial charge on any atom is 0.159 e. The molecule has 3 heteroatoms. The molecule has 3 saturated carbocycles. The molecule has 6 atom stereocenters. The largest absolute Gasteiger partial charge is 0.390 e. The fourth-order valence-electron chi connectivity index (χ4n) is 7.91. The molecule has 0 spiro atoms. The van der Waals surface area contributed by atoms with Crippen LogP contribution in [-0.2, 0) is 4.79 Å². The molecule has 0 amide bonds. The lowest BCUT2D eigenvalue weighted by atomic mass is 9.46. The van der Waals surface area contributed by atoms with Gasteiger partial charge in [-0.15, -0.1) is 11.8 Å². The van der Waals surface area contributed by atoms with Crippen molar-refractivity contribution >= 4 is 17.5 Å². The minimum atomic E-state index is -0.514. The lowest BCUT2D eigenvalue weighted by Gasteiger charge is -2.59. The Morgan fingerprint density at radius 1 is 0.967 bits per heavy atom. The standard InChI is InChI=1S/C27H36O2S/c1-25-14-13-24(28)20(17-30-18-7-5-4-6-8-18)21(25)10-9-19-22(25)11-15-26(2)23(19)12-16-27(26,3)29/h4-8,19,22-23,29H,9-17H2,1-3H3/t19-,22-,23+,25-,26-,27-/m0/s1. The predicted octanol–water partition coefficient (Wildman–Crippen LogP) is 6.43. The molecule has 1 aromatic carbocycles. The van der Waals surface area contributed by atoms with Crippen molar-refractivity contribution < 1.29 is 9.90 Å². The van der Waals surface area contributed by atoms with E-state index in [1.807, 2.05) is 17.8 Å². The molecule has 4 aliphatic carbocycles. The van der Waals surface area contributed by atoms with Gasteiger partial charge in [-0.05, 0) is 92.6 Å². The average molecular weight is 425 g/mol. The van der Waals surface area contributed by atoms with E-state index in [1.165, 1.54) is 29.7 Å². The van der Waals surface area contributed by atoms with Gasteiger partial charge in [-0.25, -0.2) is 0 Å². The fourth-order valence-corrected chi connectivity index (χ4v) is 8.90. The molecule has 0 aromatic heterocycles. The topological polar surface area (TPSA) is 37.3 Å². The van der Waals surface area contributed by atoms with Gasteiger partial charge in [0.15, 0.2) is 5.78 Å². The van der Waals surface area contributed by atoms with Crippen LogP contribution in [0.25, 0.3) is 0 Å². The molecule has 2 nitrogen and oxygen atoms in total. The summed E-state index contributed by atoms with van der Waals surface area (Å²) in [4.78, 5) is 14.2. The van der Waals surface area contributed by atoms with Crippen LogP contribution in [0, 0.1) is 28.6 Å². The van der Waals surface area contributed by atoms with Crippen molar-refractivity contribution in [2.75, 3.05) is 5.75 Å². The van der Waals surface area contributed by atoms with Gasteiger partial charge in [0.1, 0.15) is 0 Å². The van der Waals surface area contributed by atoms with Crippen molar-refractivity contribution in [3.63, 3.8) is 0 Å². The van der Waals surface area contributed by atoms with Crippen LogP contribution in [-0.4, -0.2) is 22.2 Å². The van der Waals surface area contributed by atoms with E-state index < -0.39 is 5.60 Å². The van der Waals surface area contributed by atoms with Crippen LogP contribution in [0.1, 0.15) is 72.1 Å². The third kappa shape index (κ3) is 2.98. The summed E-state index contributed by atoms with van der Waals surface area (Å²) in [6.07, 6.45) is 8.51. The second-order valence-electron chi connectivity index (χ2n) is 11.1. The van der Waals surface area contributed by atoms with Gasteiger partial charge in [-0.3, -0.25) is 4.79 Å². The highest BCUT2D eigenvalue weighted by Crippen LogP contribution is 2.67. The number of ketones is 1. The number of Topliss-reactive ketones (excluding diaryl/α,β-unsaturated/α-hetero) is 1. The van der Waals surface area contributed by atoms with E-state index in [1.54, 1.807) is 0 Å². The van der Waals surface area contributed by atoms with Gasteiger partial charge in [0, 0.05) is 22.6 Å². The monoisotopic (exact) mass is 424 g/mol. The number of thioether (sulfide) groups is 1. The molecule has 1 N–H and O–H groups in total. The molecule has 0 aliphatic heterocycles. The van der Waals surface area contributed by atoms with E-state index in [9.17, 15) is 9.90 Å². The van der Waals surface area contributed by atoms with Crippen molar-refractivity contribution in [2.45, 2.75) is 82.6 Å². The second-order valence-corrected chi connectivity index (χ2v) is 12.1. The number of benzene rings is 1. The Morgan fingerprint density at radius 3 is 2.47 bits per heavy atom. The molecular formula is C27H36O2S. The van der Waals surface area contributed by atoms with Gasteiger partial charge in [-0.2, -0.15) is 0 Å². The molecule has 5 rings (SSSR count). The summed E-state index contributed by atoms with van der Waals surface area (Å²) < 4.78 is 0. The van der Waals surface area contributed by atoms with E-state index >= 15 is 0 Å². The lowest BCUT2D eigenvalue weighted by Crippen LogP contribution is -2.54. The zero-order valence-electron chi connectivity index (χ0n) is 18.7. The summed E-state index contributed by atoms with van der Waals surface area (Å²) in [6, 6.07) is 10.5. The van der Waals surface area contributed by atoms with Crippen LogP contribution in [0.5, 0.6) is 0 Å². The molecule has 162 valence electrons. The minimum absolute atomic E-state index is 0.0716. The first kappa shape index (κ1) is 20.8. The predicted molar refractivity (Wildman–Crippen MR) is 123 cm³/mol. The van der Waals surface area contributed by atoms with Crippen molar-refractivity contribution in [1.29, 1.82) is 0 Å². The summed E-state index contributed by atoms with van der Waals surface area (Å²) in [5.41, 5.74) is 2.38. The Labute approximate surface area is 185 Å². The first-order valence-electron chi connectivity index (χ1n) is 11.9. The summed E-state index contributed by atoms with van der Waals surface area (Å²) in [6.45, 7) is 6.93. The lowest BCUT2D eigenvalue weighted by molar-refractivity contribution is -0.125. The molecule has 0 saturated heterocycles. The van der Waals surface area contributed by atoms with E-state index in [4.69, 9.17) is 0 Å². The van der Waals surface area contributed by atoms with E-state index in [-0.39, 0.29) is 10.8 Å². The number of rotatable bonds is 3. The van der Waals surface area contributed by atoms with Crippen LogP contribution in [0.4, 0.5) is 0 Å². The van der Waals surface area contributed by atoms with Crippen molar-refractivity contribution in [3.8, 4) is 0 Å². The number of hydrogen-bond acceptors (Lipinski definition) is 3.